The molecule has 0 saturated heterocycles. The zero-order chi connectivity index (χ0) is 32.0. The Balaban J connectivity index is 1.08. The van der Waals surface area contributed by atoms with Crippen molar-refractivity contribution in [3.8, 4) is 0 Å². The topological polar surface area (TPSA) is 150 Å². The highest BCUT2D eigenvalue weighted by molar-refractivity contribution is 5.92. The number of benzene rings is 2. The van der Waals surface area contributed by atoms with Crippen LogP contribution in [0.15, 0.2) is 60.8 Å². The van der Waals surface area contributed by atoms with Gasteiger partial charge in [0.05, 0.1) is 17.9 Å². The number of aromatic amines is 1. The van der Waals surface area contributed by atoms with Gasteiger partial charge in [0.2, 0.25) is 11.8 Å². The van der Waals surface area contributed by atoms with Gasteiger partial charge in [0, 0.05) is 30.1 Å². The number of carboxylic acids is 1. The van der Waals surface area contributed by atoms with Gasteiger partial charge in [-0.15, -0.1) is 0 Å². The zero-order valence-electron chi connectivity index (χ0n) is 26.0. The molecule has 8 rings (SSSR count). The van der Waals surface area contributed by atoms with E-state index >= 15 is 0 Å². The van der Waals surface area contributed by atoms with E-state index in [9.17, 15) is 24.3 Å². The van der Waals surface area contributed by atoms with Gasteiger partial charge in [0.15, 0.2) is 0 Å². The molecular formula is C36H42N4O6. The standard InChI is InChI=1S/C36H42N4O6/c1-36(17-25-18-37-29-10-6-5-9-26(25)29,40-35(45)46-31-23-12-20-11-21(14-23)15-24(31)13-20)34(44)38-19-30(22-7-3-2-4-8-22)39-32(41)27-16-28(27)33(42)43/h2-10,18,20-21,23-24,27-28,30-31,37H,11-17,19H2,1H3,(H,38,44)(H,39,41)(H,40,45)(H,42,43)/t20?,21?,23?,24?,27-,28-,30+,31?,36-/m1/s1. The van der Waals surface area contributed by atoms with E-state index in [0.29, 0.717) is 18.3 Å². The summed E-state index contributed by atoms with van der Waals surface area (Å²) in [6.45, 7) is 1.76. The van der Waals surface area contributed by atoms with E-state index in [1.807, 2.05) is 60.8 Å². The SMILES string of the molecule is C[C@](Cc1c[nH]c2ccccc12)(NC(=O)OC1C2CC3CC(C2)CC1C3)C(=O)NC[C@H](NC(=O)[C@@H]1C[C@H]1C(=O)O)c1ccccc1. The van der Waals surface area contributed by atoms with E-state index in [4.69, 9.17) is 4.74 Å². The Labute approximate surface area is 268 Å². The van der Waals surface area contributed by atoms with Crippen LogP contribution in [-0.2, 0) is 25.5 Å². The number of carboxylic acid groups (broad SMARTS) is 1. The maximum Gasteiger partial charge on any atom is 0.408 e. The molecular weight excluding hydrogens is 584 g/mol. The van der Waals surface area contributed by atoms with Crippen molar-refractivity contribution in [3.05, 3.63) is 71.9 Å². The number of hydrogen-bond donors (Lipinski definition) is 5. The molecule has 1 heterocycles. The van der Waals surface area contributed by atoms with Crippen LogP contribution in [0, 0.1) is 35.5 Å². The second-order valence-electron chi connectivity index (χ2n) is 14.3. The number of nitrogens with one attached hydrogen (secondary N) is 4. The first-order valence-corrected chi connectivity index (χ1v) is 16.6. The highest BCUT2D eigenvalue weighted by atomic mass is 16.6. The summed E-state index contributed by atoms with van der Waals surface area (Å²) in [6.07, 6.45) is 7.41. The summed E-state index contributed by atoms with van der Waals surface area (Å²) in [6, 6.07) is 16.5. The summed E-state index contributed by atoms with van der Waals surface area (Å²) in [7, 11) is 0. The number of hydrogen-bond acceptors (Lipinski definition) is 5. The number of amides is 3. The number of carbonyl (C=O) groups is 4. The molecule has 0 unspecified atom stereocenters. The molecule has 0 radical (unpaired) electrons. The fourth-order valence-corrected chi connectivity index (χ4v) is 8.65. The van der Waals surface area contributed by atoms with Crippen LogP contribution in [0.2, 0.25) is 0 Å². The van der Waals surface area contributed by atoms with Crippen LogP contribution >= 0.6 is 0 Å². The van der Waals surface area contributed by atoms with E-state index in [1.54, 1.807) is 6.92 Å². The molecule has 2 aromatic carbocycles. The number of ether oxygens (including phenoxy) is 1. The largest absolute Gasteiger partial charge is 0.481 e. The Morgan fingerprint density at radius 1 is 0.913 bits per heavy atom. The molecule has 3 amide bonds. The number of aromatic nitrogens is 1. The van der Waals surface area contributed by atoms with E-state index in [0.717, 1.165) is 59.5 Å². The molecule has 0 aliphatic heterocycles. The highest BCUT2D eigenvalue weighted by Gasteiger charge is 2.51. The summed E-state index contributed by atoms with van der Waals surface area (Å²) in [5, 5.41) is 19.2. The minimum absolute atomic E-state index is 0.0504. The van der Waals surface area contributed by atoms with Crippen molar-refractivity contribution in [3.63, 3.8) is 0 Å². The Kier molecular flexibility index (Phi) is 7.98. The van der Waals surface area contributed by atoms with Gasteiger partial charge in [-0.3, -0.25) is 14.4 Å². The molecule has 10 heteroatoms. The van der Waals surface area contributed by atoms with Crippen LogP contribution in [0.4, 0.5) is 4.79 Å². The molecule has 3 aromatic rings. The zero-order valence-corrected chi connectivity index (χ0v) is 26.0. The fraction of sp³-hybridized carbons (Fsp3) is 0.500. The van der Waals surface area contributed by atoms with Gasteiger partial charge >= 0.3 is 12.1 Å². The Bertz CT molecular complexity index is 1610. The lowest BCUT2D eigenvalue weighted by Crippen LogP contribution is -2.60. The second-order valence-corrected chi connectivity index (χ2v) is 14.3. The third kappa shape index (κ3) is 6.09. The third-order valence-corrected chi connectivity index (χ3v) is 10.9. The third-order valence-electron chi connectivity index (χ3n) is 10.9. The monoisotopic (exact) mass is 626 g/mol. The van der Waals surface area contributed by atoms with Crippen molar-refractivity contribution in [2.24, 2.45) is 35.5 Å². The van der Waals surface area contributed by atoms with Gasteiger partial charge in [-0.1, -0.05) is 48.5 Å². The lowest BCUT2D eigenvalue weighted by Gasteiger charge is -2.53. The molecule has 46 heavy (non-hydrogen) atoms. The minimum Gasteiger partial charge on any atom is -0.481 e. The maximum absolute atomic E-state index is 14.1. The van der Waals surface area contributed by atoms with Gasteiger partial charge in [-0.2, -0.15) is 0 Å². The van der Waals surface area contributed by atoms with Crippen LogP contribution in [-0.4, -0.2) is 52.2 Å². The van der Waals surface area contributed by atoms with Crippen LogP contribution in [0.1, 0.15) is 62.6 Å². The second kappa shape index (κ2) is 12.1. The highest BCUT2D eigenvalue weighted by Crippen LogP contribution is 2.54. The molecule has 242 valence electrons. The molecule has 10 nitrogen and oxygen atoms in total. The van der Waals surface area contributed by atoms with Crippen molar-refractivity contribution in [2.75, 3.05) is 6.54 Å². The van der Waals surface area contributed by atoms with E-state index in [1.165, 1.54) is 6.42 Å². The number of carbonyl (C=O) groups excluding carboxylic acids is 3. The quantitative estimate of drug-likeness (QED) is 0.208. The molecule has 5 N–H and O–H groups in total. The average molecular weight is 627 g/mol. The average Bonchev–Trinajstić information content (AvgIpc) is 3.76. The summed E-state index contributed by atoms with van der Waals surface area (Å²) in [4.78, 5) is 55.3. The van der Waals surface area contributed by atoms with Crippen LogP contribution in [0.5, 0.6) is 0 Å². The summed E-state index contributed by atoms with van der Waals surface area (Å²) in [5.41, 5.74) is 1.22. The number of aliphatic carboxylic acids is 1. The van der Waals surface area contributed by atoms with Crippen molar-refractivity contribution in [1.82, 2.24) is 20.9 Å². The van der Waals surface area contributed by atoms with Gasteiger partial charge in [0.25, 0.3) is 0 Å². The van der Waals surface area contributed by atoms with Crippen molar-refractivity contribution in [1.29, 1.82) is 0 Å². The molecule has 1 aromatic heterocycles. The van der Waals surface area contributed by atoms with Gasteiger partial charge in [-0.05, 0) is 86.3 Å². The Morgan fingerprint density at radius 2 is 1.59 bits per heavy atom. The first-order valence-electron chi connectivity index (χ1n) is 16.6. The number of fused-ring (bicyclic) bond motifs is 1. The number of H-pyrrole nitrogens is 1. The van der Waals surface area contributed by atoms with Crippen LogP contribution in [0.25, 0.3) is 10.9 Å². The normalized spacial score (nSPS) is 29.4. The fourth-order valence-electron chi connectivity index (χ4n) is 8.65. The molecule has 5 fully saturated rings. The van der Waals surface area contributed by atoms with Crippen molar-refractivity contribution >= 4 is 34.8 Å². The maximum atomic E-state index is 14.1. The Morgan fingerprint density at radius 3 is 2.26 bits per heavy atom. The molecule has 4 atom stereocenters. The summed E-state index contributed by atoms with van der Waals surface area (Å²) >= 11 is 0. The molecule has 5 aliphatic rings. The first-order chi connectivity index (χ1) is 22.2. The summed E-state index contributed by atoms with van der Waals surface area (Å²) in [5.74, 6) is -0.754. The smallest absolute Gasteiger partial charge is 0.408 e. The van der Waals surface area contributed by atoms with Gasteiger partial charge in [0.1, 0.15) is 11.6 Å². The first kappa shape index (κ1) is 30.3. The van der Waals surface area contributed by atoms with Crippen molar-refractivity contribution < 1.29 is 29.0 Å². The number of para-hydroxylation sites is 1. The number of rotatable bonds is 11. The lowest BCUT2D eigenvalue weighted by molar-refractivity contribution is -0.140. The van der Waals surface area contributed by atoms with Gasteiger partial charge < -0.3 is 30.8 Å². The van der Waals surface area contributed by atoms with Crippen molar-refractivity contribution in [2.45, 2.75) is 69.6 Å². The van der Waals surface area contributed by atoms with Crippen LogP contribution in [0.3, 0.4) is 0 Å². The molecule has 0 spiro atoms. The summed E-state index contributed by atoms with van der Waals surface area (Å²) < 4.78 is 6.15. The molecule has 5 aliphatic carbocycles. The molecule has 4 bridgehead atoms. The molecule has 5 saturated carbocycles. The van der Waals surface area contributed by atoms with E-state index in [2.05, 4.69) is 20.9 Å². The Hall–Kier alpha value is -4.34. The predicted octanol–water partition coefficient (Wildman–Crippen LogP) is 4.71. The lowest BCUT2D eigenvalue weighted by atomic mass is 9.55. The van der Waals surface area contributed by atoms with Crippen LogP contribution < -0.4 is 16.0 Å². The van der Waals surface area contributed by atoms with E-state index < -0.39 is 41.4 Å². The number of alkyl carbamates (subject to hydrolysis) is 1. The van der Waals surface area contributed by atoms with E-state index in [-0.39, 0.29) is 25.0 Å². The predicted molar refractivity (Wildman–Crippen MR) is 170 cm³/mol. The minimum atomic E-state index is -1.37. The van der Waals surface area contributed by atoms with Gasteiger partial charge in [-0.25, -0.2) is 4.79 Å².